The highest BCUT2D eigenvalue weighted by Crippen LogP contribution is 2.33. The summed E-state index contributed by atoms with van der Waals surface area (Å²) in [5.41, 5.74) is 5.34. The van der Waals surface area contributed by atoms with Crippen LogP contribution in [0.4, 0.5) is 17.3 Å². The van der Waals surface area contributed by atoms with Gasteiger partial charge in [-0.25, -0.2) is 9.97 Å². The van der Waals surface area contributed by atoms with Crippen LogP contribution in [0.2, 0.25) is 0 Å². The van der Waals surface area contributed by atoms with E-state index in [4.69, 9.17) is 5.73 Å². The minimum atomic E-state index is -0.529. The molecular formula is C11H16N6O2. The van der Waals surface area contributed by atoms with Crippen LogP contribution in [-0.2, 0) is 0 Å². The number of nitrogens with two attached hydrogens (primary N) is 1. The number of hydrogen-bond acceptors (Lipinski definition) is 7. The first-order valence-corrected chi connectivity index (χ1v) is 6.42. The van der Waals surface area contributed by atoms with Gasteiger partial charge in [-0.15, -0.1) is 0 Å². The summed E-state index contributed by atoms with van der Waals surface area (Å²) in [5, 5.41) is 14.2. The van der Waals surface area contributed by atoms with Crippen molar-refractivity contribution in [3.63, 3.8) is 0 Å². The average molecular weight is 264 g/mol. The van der Waals surface area contributed by atoms with Crippen molar-refractivity contribution in [2.75, 3.05) is 24.1 Å². The lowest BCUT2D eigenvalue weighted by atomic mass is 10.1. The van der Waals surface area contributed by atoms with E-state index in [0.717, 1.165) is 25.9 Å². The van der Waals surface area contributed by atoms with E-state index >= 15 is 0 Å². The zero-order chi connectivity index (χ0) is 13.4. The predicted molar refractivity (Wildman–Crippen MR) is 69.7 cm³/mol. The molecule has 2 atom stereocenters. The minimum absolute atomic E-state index is 0.0937. The number of nitrogen functional groups attached to an aromatic ring is 1. The Balaban J connectivity index is 1.84. The molecule has 0 radical (unpaired) electrons. The second-order valence-corrected chi connectivity index (χ2v) is 5.00. The monoisotopic (exact) mass is 264 g/mol. The van der Waals surface area contributed by atoms with Gasteiger partial charge >= 0.3 is 5.69 Å². The molecule has 1 aromatic rings. The van der Waals surface area contributed by atoms with E-state index in [1.54, 1.807) is 0 Å². The van der Waals surface area contributed by atoms with Gasteiger partial charge in [-0.1, -0.05) is 0 Å². The van der Waals surface area contributed by atoms with Gasteiger partial charge in [0.1, 0.15) is 6.33 Å². The molecule has 0 bridgehead atoms. The van der Waals surface area contributed by atoms with Crippen LogP contribution in [0.1, 0.15) is 19.3 Å². The number of aromatic nitrogens is 2. The Hall–Kier alpha value is -1.96. The van der Waals surface area contributed by atoms with Crippen molar-refractivity contribution >= 4 is 17.3 Å². The molecule has 0 spiro atoms. The summed E-state index contributed by atoms with van der Waals surface area (Å²) in [6.07, 6.45) is 4.56. The van der Waals surface area contributed by atoms with E-state index < -0.39 is 4.92 Å². The first-order chi connectivity index (χ1) is 9.16. The number of anilines is 2. The maximum Gasteiger partial charge on any atom is 0.352 e. The Morgan fingerprint density at radius 1 is 1.42 bits per heavy atom. The van der Waals surface area contributed by atoms with E-state index in [0.29, 0.717) is 6.04 Å². The molecule has 3 heterocycles. The normalized spacial score (nSPS) is 26.3. The van der Waals surface area contributed by atoms with Gasteiger partial charge in [0, 0.05) is 18.6 Å². The second kappa shape index (κ2) is 4.61. The standard InChI is InChI=1S/C11H16N6O2/c12-10-9(17(18)19)11(14-6-13-10)15-7-3-5-16-4-1-2-8(7)16/h6-8H,1-5H2,(H3,12,13,14,15). The van der Waals surface area contributed by atoms with Crippen LogP contribution in [0.3, 0.4) is 0 Å². The molecule has 2 aliphatic rings. The molecular weight excluding hydrogens is 248 g/mol. The van der Waals surface area contributed by atoms with Gasteiger partial charge < -0.3 is 11.1 Å². The molecule has 0 aromatic carbocycles. The number of nitrogens with zero attached hydrogens (tertiary/aromatic N) is 4. The lowest BCUT2D eigenvalue weighted by Crippen LogP contribution is -2.34. The average Bonchev–Trinajstić information content (AvgIpc) is 2.93. The van der Waals surface area contributed by atoms with E-state index in [9.17, 15) is 10.1 Å². The zero-order valence-corrected chi connectivity index (χ0v) is 10.5. The number of nitrogens with one attached hydrogen (secondary N) is 1. The molecule has 2 fully saturated rings. The van der Waals surface area contributed by atoms with E-state index in [-0.39, 0.29) is 23.4 Å². The van der Waals surface area contributed by atoms with Gasteiger partial charge in [0.05, 0.1) is 4.92 Å². The fourth-order valence-electron chi connectivity index (χ4n) is 3.10. The Labute approximate surface area is 110 Å². The fourth-order valence-corrected chi connectivity index (χ4v) is 3.10. The predicted octanol–water partition coefficient (Wildman–Crippen LogP) is 0.616. The molecule has 0 aliphatic carbocycles. The number of fused-ring (bicyclic) bond motifs is 1. The van der Waals surface area contributed by atoms with Crippen molar-refractivity contribution in [1.29, 1.82) is 0 Å². The lowest BCUT2D eigenvalue weighted by Gasteiger charge is -2.21. The van der Waals surface area contributed by atoms with Crippen LogP contribution < -0.4 is 11.1 Å². The quantitative estimate of drug-likeness (QED) is 0.608. The minimum Gasteiger partial charge on any atom is -0.378 e. The van der Waals surface area contributed by atoms with Crippen molar-refractivity contribution in [3.05, 3.63) is 16.4 Å². The van der Waals surface area contributed by atoms with E-state index in [2.05, 4.69) is 20.2 Å². The SMILES string of the molecule is Nc1ncnc(NC2CCN3CCCC23)c1[N+](=O)[O-]. The molecule has 2 aliphatic heterocycles. The van der Waals surface area contributed by atoms with Crippen molar-refractivity contribution in [2.24, 2.45) is 0 Å². The molecule has 0 saturated carbocycles. The molecule has 3 N–H and O–H groups in total. The van der Waals surface area contributed by atoms with Crippen LogP contribution in [0, 0.1) is 10.1 Å². The first kappa shape index (κ1) is 12.1. The number of hydrogen-bond donors (Lipinski definition) is 2. The molecule has 8 nitrogen and oxygen atoms in total. The third kappa shape index (κ3) is 2.07. The van der Waals surface area contributed by atoms with Gasteiger partial charge in [0.25, 0.3) is 0 Å². The Bertz CT molecular complexity index is 508. The topological polar surface area (TPSA) is 110 Å². The van der Waals surface area contributed by atoms with Crippen LogP contribution in [-0.4, -0.2) is 45.0 Å². The fraction of sp³-hybridized carbons (Fsp3) is 0.636. The summed E-state index contributed by atoms with van der Waals surface area (Å²) in [4.78, 5) is 20.6. The molecule has 0 amide bonds. The van der Waals surface area contributed by atoms with Crippen molar-refractivity contribution in [2.45, 2.75) is 31.3 Å². The number of rotatable bonds is 3. The van der Waals surface area contributed by atoms with Gasteiger partial charge in [-0.2, -0.15) is 0 Å². The third-order valence-corrected chi connectivity index (χ3v) is 3.96. The summed E-state index contributed by atoms with van der Waals surface area (Å²) in [6.45, 7) is 2.16. The second-order valence-electron chi connectivity index (χ2n) is 5.00. The zero-order valence-electron chi connectivity index (χ0n) is 10.5. The highest BCUT2D eigenvalue weighted by Gasteiger charge is 2.38. The summed E-state index contributed by atoms with van der Waals surface area (Å²) >= 11 is 0. The molecule has 2 unspecified atom stereocenters. The maximum absolute atomic E-state index is 11.0. The van der Waals surface area contributed by atoms with Crippen LogP contribution in [0.25, 0.3) is 0 Å². The molecule has 3 rings (SSSR count). The molecule has 102 valence electrons. The van der Waals surface area contributed by atoms with Crippen LogP contribution in [0.5, 0.6) is 0 Å². The maximum atomic E-state index is 11.0. The van der Waals surface area contributed by atoms with Crippen molar-refractivity contribution in [3.8, 4) is 0 Å². The molecule has 19 heavy (non-hydrogen) atoms. The van der Waals surface area contributed by atoms with E-state index in [1.165, 1.54) is 12.7 Å². The van der Waals surface area contributed by atoms with E-state index in [1.807, 2.05) is 0 Å². The molecule has 2 saturated heterocycles. The van der Waals surface area contributed by atoms with Crippen molar-refractivity contribution in [1.82, 2.24) is 14.9 Å². The third-order valence-electron chi connectivity index (χ3n) is 3.96. The lowest BCUT2D eigenvalue weighted by molar-refractivity contribution is -0.383. The Morgan fingerprint density at radius 3 is 3.05 bits per heavy atom. The summed E-state index contributed by atoms with van der Waals surface area (Å²) in [7, 11) is 0. The highest BCUT2D eigenvalue weighted by atomic mass is 16.6. The highest BCUT2D eigenvalue weighted by molar-refractivity contribution is 5.67. The largest absolute Gasteiger partial charge is 0.378 e. The molecule has 8 heteroatoms. The first-order valence-electron chi connectivity index (χ1n) is 6.42. The van der Waals surface area contributed by atoms with Crippen molar-refractivity contribution < 1.29 is 4.92 Å². The van der Waals surface area contributed by atoms with Gasteiger partial charge in [-0.3, -0.25) is 15.0 Å². The number of nitro groups is 1. The van der Waals surface area contributed by atoms with Crippen LogP contribution in [0.15, 0.2) is 6.33 Å². The van der Waals surface area contributed by atoms with Gasteiger partial charge in [0.2, 0.25) is 11.6 Å². The van der Waals surface area contributed by atoms with Crippen LogP contribution >= 0.6 is 0 Å². The van der Waals surface area contributed by atoms with Gasteiger partial charge in [0.15, 0.2) is 0 Å². The van der Waals surface area contributed by atoms with Gasteiger partial charge in [-0.05, 0) is 25.8 Å². The summed E-state index contributed by atoms with van der Waals surface area (Å²) in [6, 6.07) is 0.659. The molecule has 1 aromatic heterocycles. The Morgan fingerprint density at radius 2 is 2.26 bits per heavy atom. The smallest absolute Gasteiger partial charge is 0.352 e. The Kier molecular flexibility index (Phi) is 2.94. The summed E-state index contributed by atoms with van der Waals surface area (Å²) < 4.78 is 0. The summed E-state index contributed by atoms with van der Waals surface area (Å²) in [5.74, 6) is 0.139.